The van der Waals surface area contributed by atoms with E-state index in [1.54, 1.807) is 30.3 Å². The molecule has 1 N–H and O–H groups in total. The molecule has 0 unspecified atom stereocenters. The largest absolute Gasteiger partial charge is 0.481 e. The quantitative estimate of drug-likeness (QED) is 0.775. The summed E-state index contributed by atoms with van der Waals surface area (Å²) in [5.74, 6) is -1.41. The summed E-state index contributed by atoms with van der Waals surface area (Å²) in [6.45, 7) is 0.162. The third-order valence-electron chi connectivity index (χ3n) is 4.23. The van der Waals surface area contributed by atoms with Crippen LogP contribution in [0.4, 0.5) is 5.69 Å². The summed E-state index contributed by atoms with van der Waals surface area (Å²) in [6, 6.07) is 12.4. The smallest absolute Gasteiger partial charge is 0.308 e. The zero-order valence-corrected chi connectivity index (χ0v) is 13.7. The Hall–Kier alpha value is -2.86. The van der Waals surface area contributed by atoms with Crippen molar-refractivity contribution in [1.82, 2.24) is 4.98 Å². The number of hydrogen-bond acceptors (Lipinski definition) is 4. The van der Waals surface area contributed by atoms with E-state index in [4.69, 9.17) is 21.1 Å². The number of carboxylic acid groups (broad SMARTS) is 1. The highest BCUT2D eigenvalue weighted by Gasteiger charge is 2.35. The first kappa shape index (κ1) is 15.7. The van der Waals surface area contributed by atoms with Gasteiger partial charge in [0.05, 0.1) is 5.92 Å². The first-order valence-electron chi connectivity index (χ1n) is 7.71. The highest BCUT2D eigenvalue weighted by atomic mass is 35.5. The maximum Gasteiger partial charge on any atom is 0.308 e. The number of carbonyl (C=O) groups excluding carboxylic acids is 1. The molecular weight excluding hydrogens is 344 g/mol. The summed E-state index contributed by atoms with van der Waals surface area (Å²) in [5, 5.41) is 9.69. The highest BCUT2D eigenvalue weighted by molar-refractivity contribution is 6.30. The average molecular weight is 357 g/mol. The Bertz CT molecular complexity index is 998. The molecule has 1 amide bonds. The molecule has 1 aliphatic heterocycles. The van der Waals surface area contributed by atoms with Gasteiger partial charge >= 0.3 is 5.97 Å². The minimum atomic E-state index is -0.958. The van der Waals surface area contributed by atoms with Crippen molar-refractivity contribution in [3.05, 3.63) is 47.5 Å². The topological polar surface area (TPSA) is 83.6 Å². The molecule has 0 spiro atoms. The minimum Gasteiger partial charge on any atom is -0.481 e. The minimum absolute atomic E-state index is 0.0114. The molecule has 2 heterocycles. The third kappa shape index (κ3) is 2.85. The van der Waals surface area contributed by atoms with Gasteiger partial charge in [-0.05, 0) is 30.3 Å². The van der Waals surface area contributed by atoms with Crippen molar-refractivity contribution >= 4 is 40.3 Å². The van der Waals surface area contributed by atoms with Crippen LogP contribution in [0.15, 0.2) is 46.9 Å². The van der Waals surface area contributed by atoms with Gasteiger partial charge in [0.25, 0.3) is 0 Å². The summed E-state index contributed by atoms with van der Waals surface area (Å²) in [6.07, 6.45) is 0.0114. The second kappa shape index (κ2) is 5.89. The van der Waals surface area contributed by atoms with Gasteiger partial charge in [-0.25, -0.2) is 4.98 Å². The van der Waals surface area contributed by atoms with Gasteiger partial charge in [0.15, 0.2) is 5.58 Å². The van der Waals surface area contributed by atoms with Gasteiger partial charge in [-0.2, -0.15) is 0 Å². The lowest BCUT2D eigenvalue weighted by Gasteiger charge is -2.15. The van der Waals surface area contributed by atoms with Crippen LogP contribution in [0.3, 0.4) is 0 Å². The molecule has 1 aromatic heterocycles. The van der Waals surface area contributed by atoms with E-state index in [9.17, 15) is 9.59 Å². The Morgan fingerprint density at radius 3 is 2.84 bits per heavy atom. The number of fused-ring (bicyclic) bond motifs is 1. The Balaban J connectivity index is 1.69. The van der Waals surface area contributed by atoms with E-state index in [0.29, 0.717) is 27.7 Å². The molecule has 126 valence electrons. The van der Waals surface area contributed by atoms with Gasteiger partial charge in [-0.15, -0.1) is 0 Å². The number of halogens is 1. The van der Waals surface area contributed by atoms with Crippen LogP contribution in [-0.2, 0) is 9.59 Å². The fourth-order valence-corrected chi connectivity index (χ4v) is 3.14. The van der Waals surface area contributed by atoms with Gasteiger partial charge in [-0.3, -0.25) is 9.59 Å². The number of hydrogen-bond donors (Lipinski definition) is 1. The third-order valence-corrected chi connectivity index (χ3v) is 4.46. The monoisotopic (exact) mass is 356 g/mol. The fourth-order valence-electron chi connectivity index (χ4n) is 2.95. The van der Waals surface area contributed by atoms with Crippen molar-refractivity contribution in [3.8, 4) is 11.5 Å². The lowest BCUT2D eigenvalue weighted by atomic mass is 10.1. The van der Waals surface area contributed by atoms with E-state index < -0.39 is 11.9 Å². The molecule has 1 saturated heterocycles. The average Bonchev–Trinajstić information content (AvgIpc) is 3.17. The van der Waals surface area contributed by atoms with Gasteiger partial charge in [0.1, 0.15) is 5.52 Å². The van der Waals surface area contributed by atoms with Crippen LogP contribution in [0.1, 0.15) is 6.42 Å². The van der Waals surface area contributed by atoms with Crippen LogP contribution in [0.25, 0.3) is 22.6 Å². The van der Waals surface area contributed by atoms with Crippen LogP contribution >= 0.6 is 11.6 Å². The van der Waals surface area contributed by atoms with Gasteiger partial charge in [-0.1, -0.05) is 17.7 Å². The first-order chi connectivity index (χ1) is 12.0. The van der Waals surface area contributed by atoms with Crippen LogP contribution < -0.4 is 4.90 Å². The zero-order chi connectivity index (χ0) is 17.6. The predicted octanol–water partition coefficient (Wildman–Crippen LogP) is 3.59. The van der Waals surface area contributed by atoms with E-state index in [1.807, 2.05) is 12.1 Å². The van der Waals surface area contributed by atoms with Gasteiger partial charge < -0.3 is 14.4 Å². The summed E-state index contributed by atoms with van der Waals surface area (Å²) in [5.41, 5.74) is 2.54. The number of nitrogens with zero attached hydrogens (tertiary/aromatic N) is 2. The van der Waals surface area contributed by atoms with Crippen molar-refractivity contribution in [2.75, 3.05) is 11.4 Å². The van der Waals surface area contributed by atoms with Gasteiger partial charge in [0.2, 0.25) is 11.8 Å². The summed E-state index contributed by atoms with van der Waals surface area (Å²) in [4.78, 5) is 29.1. The Morgan fingerprint density at radius 2 is 2.12 bits per heavy atom. The molecule has 25 heavy (non-hydrogen) atoms. The van der Waals surface area contributed by atoms with Crippen LogP contribution in [-0.4, -0.2) is 28.5 Å². The normalized spacial score (nSPS) is 17.4. The Kier molecular flexibility index (Phi) is 3.69. The Labute approximate surface area is 147 Å². The van der Waals surface area contributed by atoms with Crippen molar-refractivity contribution in [2.45, 2.75) is 6.42 Å². The maximum absolute atomic E-state index is 12.1. The number of aliphatic carboxylic acids is 1. The molecule has 0 saturated carbocycles. The number of aromatic nitrogens is 1. The highest BCUT2D eigenvalue weighted by Crippen LogP contribution is 2.31. The summed E-state index contributed by atoms with van der Waals surface area (Å²) >= 11 is 6.00. The molecule has 0 aliphatic carbocycles. The standard InChI is InChI=1S/C18H13ClN2O4/c19-12-3-1-2-10(6-12)17-20-14-5-4-13(8-15(14)25-17)21-9-11(18(23)24)7-16(21)22/h1-6,8,11H,7,9H2,(H,23,24)/t11-/m0/s1. The number of amides is 1. The zero-order valence-electron chi connectivity index (χ0n) is 13.0. The predicted molar refractivity (Wildman–Crippen MR) is 92.6 cm³/mol. The maximum atomic E-state index is 12.1. The molecule has 7 heteroatoms. The molecule has 3 aromatic rings. The second-order valence-electron chi connectivity index (χ2n) is 5.93. The molecule has 1 aliphatic rings. The number of oxazole rings is 1. The van der Waals surface area contributed by atoms with Gasteiger partial charge in [0, 0.05) is 35.3 Å². The molecule has 0 radical (unpaired) electrons. The van der Waals surface area contributed by atoms with Crippen molar-refractivity contribution in [1.29, 1.82) is 0 Å². The first-order valence-corrected chi connectivity index (χ1v) is 8.09. The SMILES string of the molecule is O=C(O)[C@H]1CC(=O)N(c2ccc3nc(-c4cccc(Cl)c4)oc3c2)C1. The van der Waals surface area contributed by atoms with Crippen molar-refractivity contribution in [3.63, 3.8) is 0 Å². The lowest BCUT2D eigenvalue weighted by molar-refractivity contribution is -0.141. The summed E-state index contributed by atoms with van der Waals surface area (Å²) in [7, 11) is 0. The number of carboxylic acids is 1. The molecule has 2 aromatic carbocycles. The fraction of sp³-hybridized carbons (Fsp3) is 0.167. The van der Waals surface area contributed by atoms with E-state index in [1.165, 1.54) is 4.90 Å². The number of anilines is 1. The number of rotatable bonds is 3. The van der Waals surface area contributed by atoms with E-state index in [-0.39, 0.29) is 18.9 Å². The van der Waals surface area contributed by atoms with Crippen molar-refractivity contribution in [2.24, 2.45) is 5.92 Å². The lowest BCUT2D eigenvalue weighted by Crippen LogP contribution is -2.25. The molecular formula is C18H13ClN2O4. The summed E-state index contributed by atoms with van der Waals surface area (Å²) < 4.78 is 5.79. The second-order valence-corrected chi connectivity index (χ2v) is 6.36. The van der Waals surface area contributed by atoms with E-state index in [2.05, 4.69) is 4.98 Å². The Morgan fingerprint density at radius 1 is 1.28 bits per heavy atom. The molecule has 1 atom stereocenters. The molecule has 6 nitrogen and oxygen atoms in total. The molecule has 1 fully saturated rings. The number of carbonyl (C=O) groups is 2. The molecule has 4 rings (SSSR count). The van der Waals surface area contributed by atoms with Crippen LogP contribution in [0.5, 0.6) is 0 Å². The van der Waals surface area contributed by atoms with Crippen molar-refractivity contribution < 1.29 is 19.1 Å². The van der Waals surface area contributed by atoms with E-state index in [0.717, 1.165) is 5.56 Å². The molecule has 0 bridgehead atoms. The van der Waals surface area contributed by atoms with Crippen LogP contribution in [0.2, 0.25) is 5.02 Å². The number of benzene rings is 2. The van der Waals surface area contributed by atoms with Crippen LogP contribution in [0, 0.1) is 5.92 Å². The van der Waals surface area contributed by atoms with E-state index >= 15 is 0 Å².